The molecule has 0 amide bonds. The largest absolute Gasteiger partial charge is 0.385 e. The van der Waals surface area contributed by atoms with Crippen molar-refractivity contribution < 1.29 is 4.52 Å². The van der Waals surface area contributed by atoms with E-state index in [4.69, 9.17) is 4.52 Å². The van der Waals surface area contributed by atoms with Crippen LogP contribution in [-0.4, -0.2) is 16.7 Å². The van der Waals surface area contributed by atoms with Crippen LogP contribution < -0.4 is 5.32 Å². The van der Waals surface area contributed by atoms with E-state index in [1.165, 1.54) is 0 Å². The fraction of sp³-hybridized carbons (Fsp3) is 0.467. The van der Waals surface area contributed by atoms with Gasteiger partial charge in [-0.1, -0.05) is 37.2 Å². The van der Waals surface area contributed by atoms with Gasteiger partial charge in [0.25, 0.3) is 0 Å². The van der Waals surface area contributed by atoms with Gasteiger partial charge in [0.15, 0.2) is 5.82 Å². The Hall–Kier alpha value is -1.84. The van der Waals surface area contributed by atoms with Crippen LogP contribution in [0.15, 0.2) is 34.9 Å². The molecule has 2 rings (SSSR count). The summed E-state index contributed by atoms with van der Waals surface area (Å²) in [6, 6.07) is 10.1. The van der Waals surface area contributed by atoms with Gasteiger partial charge in [-0.25, -0.2) is 0 Å². The van der Waals surface area contributed by atoms with E-state index in [1.54, 1.807) is 0 Å². The highest BCUT2D eigenvalue weighted by Gasteiger charge is 2.06. The van der Waals surface area contributed by atoms with Crippen molar-refractivity contribution in [3.05, 3.63) is 42.0 Å². The predicted molar refractivity (Wildman–Crippen MR) is 76.1 cm³/mol. The first-order valence-corrected chi connectivity index (χ1v) is 6.84. The van der Waals surface area contributed by atoms with Gasteiger partial charge in [-0.3, -0.25) is 0 Å². The topological polar surface area (TPSA) is 51.0 Å². The Balaban J connectivity index is 1.74. The Bertz CT molecular complexity index is 479. The summed E-state index contributed by atoms with van der Waals surface area (Å²) in [6.07, 6.45) is 2.75. The van der Waals surface area contributed by atoms with Gasteiger partial charge < -0.3 is 9.84 Å². The molecule has 1 aromatic carbocycles. The van der Waals surface area contributed by atoms with Gasteiger partial charge in [0, 0.05) is 25.1 Å². The number of aryl methyl sites for hydroxylation is 1. The van der Waals surface area contributed by atoms with Crippen LogP contribution >= 0.6 is 0 Å². The van der Waals surface area contributed by atoms with E-state index < -0.39 is 0 Å². The van der Waals surface area contributed by atoms with Crippen LogP contribution in [0.5, 0.6) is 0 Å². The average Bonchev–Trinajstić information content (AvgIpc) is 2.86. The molecule has 0 spiro atoms. The summed E-state index contributed by atoms with van der Waals surface area (Å²) in [6.45, 7) is 5.20. The lowest BCUT2D eigenvalue weighted by molar-refractivity contribution is 0.373. The molecule has 0 aliphatic rings. The zero-order chi connectivity index (χ0) is 13.5. The number of hydrogen-bond acceptors (Lipinski definition) is 4. The molecule has 0 fully saturated rings. The molecule has 0 aliphatic carbocycles. The highest BCUT2D eigenvalue weighted by Crippen LogP contribution is 2.08. The van der Waals surface area contributed by atoms with Gasteiger partial charge in [-0.2, -0.15) is 4.98 Å². The summed E-state index contributed by atoms with van der Waals surface area (Å²) < 4.78 is 5.23. The van der Waals surface area contributed by atoms with Crippen molar-refractivity contribution in [2.75, 3.05) is 11.9 Å². The second kappa shape index (κ2) is 6.92. The van der Waals surface area contributed by atoms with Crippen molar-refractivity contribution in [3.8, 4) is 0 Å². The van der Waals surface area contributed by atoms with E-state index in [-0.39, 0.29) is 0 Å². The molecule has 0 saturated carbocycles. The van der Waals surface area contributed by atoms with Gasteiger partial charge >= 0.3 is 0 Å². The number of anilines is 1. The molecule has 0 atom stereocenters. The maximum atomic E-state index is 5.23. The van der Waals surface area contributed by atoms with E-state index in [0.29, 0.717) is 11.8 Å². The predicted octanol–water partition coefficient (Wildman–Crippen LogP) is 3.31. The normalized spacial score (nSPS) is 10.9. The Morgan fingerprint density at radius 1 is 1.16 bits per heavy atom. The van der Waals surface area contributed by atoms with Crippen LogP contribution in [0.25, 0.3) is 0 Å². The van der Waals surface area contributed by atoms with Crippen LogP contribution in [0, 0.1) is 5.92 Å². The number of hydrogen-bond donors (Lipinski definition) is 1. The number of nitrogens with zero attached hydrogens (tertiary/aromatic N) is 2. The molecule has 0 unspecified atom stereocenters. The van der Waals surface area contributed by atoms with Gasteiger partial charge in [0.2, 0.25) is 5.89 Å². The highest BCUT2D eigenvalue weighted by atomic mass is 16.5. The number of para-hydroxylation sites is 1. The van der Waals surface area contributed by atoms with Gasteiger partial charge in [-0.05, 0) is 24.5 Å². The summed E-state index contributed by atoms with van der Waals surface area (Å²) in [4.78, 5) is 4.40. The molecule has 2 aromatic rings. The summed E-state index contributed by atoms with van der Waals surface area (Å²) in [5, 5.41) is 7.32. The van der Waals surface area contributed by atoms with Crippen molar-refractivity contribution in [2.24, 2.45) is 5.92 Å². The summed E-state index contributed by atoms with van der Waals surface area (Å²) >= 11 is 0. The summed E-state index contributed by atoms with van der Waals surface area (Å²) in [5.41, 5.74) is 1.11. The molecule has 0 bridgehead atoms. The zero-order valence-corrected chi connectivity index (χ0v) is 11.6. The number of rotatable bonds is 7. The summed E-state index contributed by atoms with van der Waals surface area (Å²) in [5.74, 6) is 2.20. The Labute approximate surface area is 114 Å². The molecule has 1 N–H and O–H groups in total. The molecule has 0 aliphatic heterocycles. The second-order valence-corrected chi connectivity index (χ2v) is 5.08. The lowest BCUT2D eigenvalue weighted by Gasteiger charge is -2.03. The van der Waals surface area contributed by atoms with Crippen molar-refractivity contribution in [3.63, 3.8) is 0 Å². The molecular weight excluding hydrogens is 238 g/mol. The number of nitrogens with one attached hydrogen (secondary N) is 1. The van der Waals surface area contributed by atoms with Crippen LogP contribution in [0.3, 0.4) is 0 Å². The van der Waals surface area contributed by atoms with Crippen LogP contribution in [0.2, 0.25) is 0 Å². The number of benzene rings is 1. The lowest BCUT2D eigenvalue weighted by Crippen LogP contribution is -2.05. The Kier molecular flexibility index (Phi) is 4.95. The zero-order valence-electron chi connectivity index (χ0n) is 11.6. The van der Waals surface area contributed by atoms with Crippen molar-refractivity contribution in [1.29, 1.82) is 0 Å². The number of aromatic nitrogens is 2. The van der Waals surface area contributed by atoms with Gasteiger partial charge in [0.05, 0.1) is 0 Å². The first-order valence-electron chi connectivity index (χ1n) is 6.84. The molecule has 102 valence electrons. The third-order valence-corrected chi connectivity index (χ3v) is 2.90. The third kappa shape index (κ3) is 4.73. The molecule has 4 nitrogen and oxygen atoms in total. The minimum absolute atomic E-state index is 0.668. The fourth-order valence-corrected chi connectivity index (χ4v) is 1.78. The second-order valence-electron chi connectivity index (χ2n) is 5.08. The molecule has 4 heteroatoms. The SMILES string of the molecule is CC(C)CCc1noc(CCNc2ccccc2)n1. The Morgan fingerprint density at radius 3 is 2.68 bits per heavy atom. The van der Waals surface area contributed by atoms with Gasteiger partial charge in [-0.15, -0.1) is 0 Å². The van der Waals surface area contributed by atoms with E-state index in [0.717, 1.165) is 37.3 Å². The van der Waals surface area contributed by atoms with E-state index in [1.807, 2.05) is 30.3 Å². The lowest BCUT2D eigenvalue weighted by atomic mass is 10.1. The van der Waals surface area contributed by atoms with E-state index in [9.17, 15) is 0 Å². The highest BCUT2D eigenvalue weighted by molar-refractivity contribution is 5.42. The van der Waals surface area contributed by atoms with Crippen LogP contribution in [0.1, 0.15) is 32.0 Å². The molecule has 0 radical (unpaired) electrons. The molecule has 1 aromatic heterocycles. The maximum Gasteiger partial charge on any atom is 0.228 e. The Morgan fingerprint density at radius 2 is 1.95 bits per heavy atom. The first-order chi connectivity index (χ1) is 9.24. The summed E-state index contributed by atoms with van der Waals surface area (Å²) in [7, 11) is 0. The minimum atomic E-state index is 0.668. The smallest absolute Gasteiger partial charge is 0.228 e. The monoisotopic (exact) mass is 259 g/mol. The average molecular weight is 259 g/mol. The molecule has 1 heterocycles. The molecule has 0 saturated heterocycles. The maximum absolute atomic E-state index is 5.23. The minimum Gasteiger partial charge on any atom is -0.385 e. The van der Waals surface area contributed by atoms with Gasteiger partial charge in [0.1, 0.15) is 0 Å². The van der Waals surface area contributed by atoms with Crippen LogP contribution in [0.4, 0.5) is 5.69 Å². The van der Waals surface area contributed by atoms with Crippen molar-refractivity contribution >= 4 is 5.69 Å². The van der Waals surface area contributed by atoms with E-state index >= 15 is 0 Å². The van der Waals surface area contributed by atoms with Crippen molar-refractivity contribution in [1.82, 2.24) is 10.1 Å². The van der Waals surface area contributed by atoms with Crippen LogP contribution in [-0.2, 0) is 12.8 Å². The molecule has 19 heavy (non-hydrogen) atoms. The van der Waals surface area contributed by atoms with Crippen molar-refractivity contribution in [2.45, 2.75) is 33.1 Å². The van der Waals surface area contributed by atoms with E-state index in [2.05, 4.69) is 29.3 Å². The fourth-order valence-electron chi connectivity index (χ4n) is 1.78. The molecular formula is C15H21N3O. The quantitative estimate of drug-likeness (QED) is 0.828. The first kappa shape index (κ1) is 13.6. The third-order valence-electron chi connectivity index (χ3n) is 2.90. The standard InChI is InChI=1S/C15H21N3O/c1-12(2)8-9-14-17-15(19-18-14)10-11-16-13-6-4-3-5-7-13/h3-7,12,16H,8-11H2,1-2H3.